The normalized spacial score (nSPS) is 10.9. The topological polar surface area (TPSA) is 78.6 Å². The predicted molar refractivity (Wildman–Crippen MR) is 66.1 cm³/mol. The van der Waals surface area contributed by atoms with Gasteiger partial charge in [-0.15, -0.1) is 0 Å². The summed E-state index contributed by atoms with van der Waals surface area (Å²) in [4.78, 5) is 23.6. The van der Waals surface area contributed by atoms with Crippen molar-refractivity contribution in [2.24, 2.45) is 5.73 Å². The zero-order valence-electron chi connectivity index (χ0n) is 10.7. The van der Waals surface area contributed by atoms with Crippen LogP contribution in [-0.4, -0.2) is 24.3 Å². The summed E-state index contributed by atoms with van der Waals surface area (Å²) in [6, 6.07) is 6.30. The van der Waals surface area contributed by atoms with Crippen LogP contribution in [0.15, 0.2) is 24.3 Å². The maximum absolute atomic E-state index is 11.9. The lowest BCUT2D eigenvalue weighted by Crippen LogP contribution is -2.25. The average Bonchev–Trinajstić information content (AvgIpc) is 2.27. The number of ether oxygens (including phenoxy) is 2. The maximum atomic E-state index is 11.9. The van der Waals surface area contributed by atoms with E-state index in [1.165, 1.54) is 12.1 Å². The number of carbonyl (C=O) groups excluding carboxylic acids is 2. The lowest BCUT2D eigenvalue weighted by Gasteiger charge is -2.20. The van der Waals surface area contributed by atoms with Gasteiger partial charge in [0.25, 0.3) is 0 Å². The van der Waals surface area contributed by atoms with Crippen LogP contribution in [-0.2, 0) is 9.47 Å². The Morgan fingerprint density at radius 1 is 1.11 bits per heavy atom. The van der Waals surface area contributed by atoms with Crippen LogP contribution in [0.2, 0.25) is 0 Å². The molecule has 0 fully saturated rings. The second kappa shape index (κ2) is 5.64. The number of hydrogen-bond donors (Lipinski definition) is 1. The molecule has 1 rings (SSSR count). The van der Waals surface area contributed by atoms with Crippen LogP contribution in [0.3, 0.4) is 0 Å². The number of benzene rings is 1. The van der Waals surface area contributed by atoms with Crippen molar-refractivity contribution in [1.29, 1.82) is 0 Å². The molecule has 0 heterocycles. The molecule has 0 aliphatic rings. The third kappa shape index (κ3) is 3.85. The third-order valence-corrected chi connectivity index (χ3v) is 1.98. The predicted octanol–water partition coefficient (Wildman–Crippen LogP) is 1.71. The third-order valence-electron chi connectivity index (χ3n) is 1.98. The number of nitrogens with two attached hydrogens (primary N) is 1. The van der Waals surface area contributed by atoms with Gasteiger partial charge in [0.05, 0.1) is 11.1 Å². The van der Waals surface area contributed by atoms with Gasteiger partial charge >= 0.3 is 11.9 Å². The molecule has 0 spiro atoms. The first kappa shape index (κ1) is 14.2. The molecule has 0 aliphatic heterocycles. The maximum Gasteiger partial charge on any atom is 0.340 e. The van der Waals surface area contributed by atoms with Crippen LogP contribution in [0, 0.1) is 0 Å². The van der Waals surface area contributed by atoms with Crippen LogP contribution < -0.4 is 5.73 Å². The Bertz CT molecular complexity index is 449. The van der Waals surface area contributed by atoms with Gasteiger partial charge in [0.1, 0.15) is 12.3 Å². The van der Waals surface area contributed by atoms with Crippen molar-refractivity contribution in [2.45, 2.75) is 26.4 Å². The SMILES string of the molecule is CC(C)(C)OC(=O)c1ccccc1C(=O)OCN. The first-order valence-electron chi connectivity index (χ1n) is 5.54. The highest BCUT2D eigenvalue weighted by Crippen LogP contribution is 2.16. The van der Waals surface area contributed by atoms with Crippen molar-refractivity contribution in [2.75, 3.05) is 6.73 Å². The Hall–Kier alpha value is -1.88. The van der Waals surface area contributed by atoms with E-state index >= 15 is 0 Å². The smallest absolute Gasteiger partial charge is 0.340 e. The molecule has 0 bridgehead atoms. The minimum absolute atomic E-state index is 0.150. The number of hydrogen-bond acceptors (Lipinski definition) is 5. The summed E-state index contributed by atoms with van der Waals surface area (Å²) in [5.74, 6) is -1.20. The average molecular weight is 251 g/mol. The summed E-state index contributed by atoms with van der Waals surface area (Å²) < 4.78 is 9.89. The van der Waals surface area contributed by atoms with Gasteiger partial charge in [-0.1, -0.05) is 12.1 Å². The standard InChI is InChI=1S/C13H17NO4/c1-13(2,3)18-12(16)10-7-5-4-6-9(10)11(15)17-8-14/h4-7H,8,14H2,1-3H3. The molecule has 1 aromatic rings. The summed E-state index contributed by atoms with van der Waals surface area (Å²) in [5, 5.41) is 0. The first-order chi connectivity index (χ1) is 8.35. The van der Waals surface area contributed by atoms with Crippen molar-refractivity contribution >= 4 is 11.9 Å². The second-order valence-corrected chi connectivity index (χ2v) is 4.65. The summed E-state index contributed by atoms with van der Waals surface area (Å²) in [5.41, 5.74) is 4.83. The fourth-order valence-electron chi connectivity index (χ4n) is 1.33. The van der Waals surface area contributed by atoms with Gasteiger partial charge in [-0.05, 0) is 32.9 Å². The molecule has 0 radical (unpaired) electrons. The van der Waals surface area contributed by atoms with Gasteiger partial charge in [0.15, 0.2) is 0 Å². The highest BCUT2D eigenvalue weighted by molar-refractivity contribution is 6.03. The summed E-state index contributed by atoms with van der Waals surface area (Å²) >= 11 is 0. The van der Waals surface area contributed by atoms with Crippen LogP contribution >= 0.6 is 0 Å². The molecule has 0 aromatic heterocycles. The monoisotopic (exact) mass is 251 g/mol. The van der Waals surface area contributed by atoms with Crippen molar-refractivity contribution < 1.29 is 19.1 Å². The molecule has 5 nitrogen and oxygen atoms in total. The van der Waals surface area contributed by atoms with E-state index in [0.717, 1.165) is 0 Å². The van der Waals surface area contributed by atoms with E-state index in [2.05, 4.69) is 4.74 Å². The summed E-state index contributed by atoms with van der Waals surface area (Å²) in [6.45, 7) is 5.03. The van der Waals surface area contributed by atoms with E-state index in [4.69, 9.17) is 10.5 Å². The van der Waals surface area contributed by atoms with E-state index in [-0.39, 0.29) is 17.9 Å². The molecule has 18 heavy (non-hydrogen) atoms. The zero-order chi connectivity index (χ0) is 13.8. The van der Waals surface area contributed by atoms with Crippen molar-refractivity contribution in [3.8, 4) is 0 Å². The van der Waals surface area contributed by atoms with Crippen LogP contribution in [0.5, 0.6) is 0 Å². The molecule has 1 aromatic carbocycles. The van der Waals surface area contributed by atoms with Crippen molar-refractivity contribution in [3.05, 3.63) is 35.4 Å². The molecule has 2 N–H and O–H groups in total. The van der Waals surface area contributed by atoms with Crippen LogP contribution in [0.4, 0.5) is 0 Å². The molecule has 0 atom stereocenters. The molecule has 0 saturated carbocycles. The van der Waals surface area contributed by atoms with Gasteiger partial charge in [-0.3, -0.25) is 5.73 Å². The Kier molecular flexibility index (Phi) is 4.44. The number of rotatable bonds is 3. The Morgan fingerprint density at radius 2 is 1.61 bits per heavy atom. The molecule has 98 valence electrons. The molecule has 0 amide bonds. The molecule has 0 aliphatic carbocycles. The largest absolute Gasteiger partial charge is 0.456 e. The molecule has 0 saturated heterocycles. The van der Waals surface area contributed by atoms with Crippen LogP contribution in [0.25, 0.3) is 0 Å². The highest BCUT2D eigenvalue weighted by atomic mass is 16.6. The molecular weight excluding hydrogens is 234 g/mol. The first-order valence-corrected chi connectivity index (χ1v) is 5.54. The van der Waals surface area contributed by atoms with Gasteiger partial charge in [0.2, 0.25) is 0 Å². The Morgan fingerprint density at radius 3 is 2.06 bits per heavy atom. The van der Waals surface area contributed by atoms with E-state index in [9.17, 15) is 9.59 Å². The highest BCUT2D eigenvalue weighted by Gasteiger charge is 2.23. The second-order valence-electron chi connectivity index (χ2n) is 4.65. The lowest BCUT2D eigenvalue weighted by atomic mass is 10.1. The van der Waals surface area contributed by atoms with Gasteiger partial charge in [-0.25, -0.2) is 9.59 Å². The minimum atomic E-state index is -0.640. The zero-order valence-corrected chi connectivity index (χ0v) is 10.7. The fourth-order valence-corrected chi connectivity index (χ4v) is 1.33. The summed E-state index contributed by atoms with van der Waals surface area (Å²) in [7, 11) is 0. The van der Waals surface area contributed by atoms with E-state index < -0.39 is 17.5 Å². The lowest BCUT2D eigenvalue weighted by molar-refractivity contribution is 0.00642. The molecule has 0 unspecified atom stereocenters. The minimum Gasteiger partial charge on any atom is -0.456 e. The van der Waals surface area contributed by atoms with Crippen molar-refractivity contribution in [1.82, 2.24) is 0 Å². The molecular formula is C13H17NO4. The quantitative estimate of drug-likeness (QED) is 0.653. The Balaban J connectivity index is 3.02. The van der Waals surface area contributed by atoms with Crippen LogP contribution in [0.1, 0.15) is 41.5 Å². The van der Waals surface area contributed by atoms with E-state index in [1.54, 1.807) is 32.9 Å². The van der Waals surface area contributed by atoms with Gasteiger partial charge < -0.3 is 9.47 Å². The molecule has 5 heteroatoms. The van der Waals surface area contributed by atoms with Gasteiger partial charge in [0, 0.05) is 0 Å². The fraction of sp³-hybridized carbons (Fsp3) is 0.385. The number of esters is 2. The van der Waals surface area contributed by atoms with E-state index in [0.29, 0.717) is 0 Å². The Labute approximate surface area is 106 Å². The van der Waals surface area contributed by atoms with Crippen molar-refractivity contribution in [3.63, 3.8) is 0 Å². The van der Waals surface area contributed by atoms with Gasteiger partial charge in [-0.2, -0.15) is 0 Å². The summed E-state index contributed by atoms with van der Waals surface area (Å²) in [6.07, 6.45) is 0. The van der Waals surface area contributed by atoms with E-state index in [1.807, 2.05) is 0 Å². The number of carbonyl (C=O) groups is 2.